The molecule has 3 heteroatoms. The van der Waals surface area contributed by atoms with Crippen LogP contribution in [0, 0.1) is 0 Å². The molecule has 1 aromatic heterocycles. The lowest BCUT2D eigenvalue weighted by atomic mass is 10.0. The van der Waals surface area contributed by atoms with Crippen LogP contribution in [0.1, 0.15) is 0 Å². The number of methoxy groups -OCH3 is 2. The summed E-state index contributed by atoms with van der Waals surface area (Å²) >= 11 is 0. The van der Waals surface area contributed by atoms with Gasteiger partial charge in [0.2, 0.25) is 0 Å². The summed E-state index contributed by atoms with van der Waals surface area (Å²) in [4.78, 5) is 4.34. The van der Waals surface area contributed by atoms with Crippen LogP contribution in [0.2, 0.25) is 0 Å². The summed E-state index contributed by atoms with van der Waals surface area (Å²) in [5.41, 5.74) is 3.08. The second-order valence-corrected chi connectivity index (χ2v) is 4.48. The maximum absolute atomic E-state index is 5.44. The number of fused-ring (bicyclic) bond motifs is 1. The summed E-state index contributed by atoms with van der Waals surface area (Å²) in [6.45, 7) is 0. The van der Waals surface area contributed by atoms with E-state index in [-0.39, 0.29) is 0 Å². The third kappa shape index (κ3) is 2.18. The van der Waals surface area contributed by atoms with Crippen molar-refractivity contribution in [2.24, 2.45) is 0 Å². The minimum absolute atomic E-state index is 0.812. The van der Waals surface area contributed by atoms with E-state index in [1.165, 1.54) is 0 Å². The van der Waals surface area contributed by atoms with Gasteiger partial charge in [-0.15, -0.1) is 0 Å². The highest BCUT2D eigenvalue weighted by molar-refractivity contribution is 5.85. The Labute approximate surface area is 117 Å². The lowest BCUT2D eigenvalue weighted by Crippen LogP contribution is -1.90. The number of hydrogen-bond donors (Lipinski definition) is 0. The molecule has 3 nitrogen and oxygen atoms in total. The van der Waals surface area contributed by atoms with Gasteiger partial charge in [-0.05, 0) is 42.0 Å². The van der Waals surface area contributed by atoms with E-state index < -0.39 is 0 Å². The first-order chi connectivity index (χ1) is 9.81. The highest BCUT2D eigenvalue weighted by Crippen LogP contribution is 2.34. The highest BCUT2D eigenvalue weighted by atomic mass is 16.5. The Bertz CT molecular complexity index is 753. The van der Waals surface area contributed by atoms with Gasteiger partial charge in [-0.1, -0.05) is 12.1 Å². The van der Waals surface area contributed by atoms with E-state index in [0.29, 0.717) is 0 Å². The fourth-order valence-corrected chi connectivity index (χ4v) is 2.28. The van der Waals surface area contributed by atoms with Gasteiger partial charge in [-0.3, -0.25) is 4.98 Å². The quantitative estimate of drug-likeness (QED) is 0.719. The van der Waals surface area contributed by atoms with Crippen LogP contribution >= 0.6 is 0 Å². The molecule has 0 N–H and O–H groups in total. The van der Waals surface area contributed by atoms with Crippen molar-refractivity contribution in [2.45, 2.75) is 0 Å². The molecule has 0 amide bonds. The largest absolute Gasteiger partial charge is 0.497 e. The monoisotopic (exact) mass is 265 g/mol. The van der Waals surface area contributed by atoms with E-state index in [0.717, 1.165) is 33.5 Å². The highest BCUT2D eigenvalue weighted by Gasteiger charge is 2.08. The third-order valence-electron chi connectivity index (χ3n) is 3.32. The number of nitrogens with zero attached hydrogens (tertiary/aromatic N) is 1. The summed E-state index contributed by atoms with van der Waals surface area (Å²) in [6, 6.07) is 16.0. The Kier molecular flexibility index (Phi) is 3.25. The van der Waals surface area contributed by atoms with E-state index in [9.17, 15) is 0 Å². The Hall–Kier alpha value is -2.55. The smallest absolute Gasteiger partial charge is 0.126 e. The second-order valence-electron chi connectivity index (χ2n) is 4.48. The summed E-state index contributed by atoms with van der Waals surface area (Å²) in [5.74, 6) is 1.64. The first-order valence-electron chi connectivity index (χ1n) is 6.39. The zero-order valence-electron chi connectivity index (χ0n) is 11.5. The fourth-order valence-electron chi connectivity index (χ4n) is 2.28. The van der Waals surface area contributed by atoms with Crippen LogP contribution in [0.3, 0.4) is 0 Å². The molecule has 0 saturated carbocycles. The van der Waals surface area contributed by atoms with Gasteiger partial charge in [0.05, 0.1) is 19.7 Å². The second kappa shape index (κ2) is 5.21. The number of hydrogen-bond acceptors (Lipinski definition) is 3. The van der Waals surface area contributed by atoms with Crippen molar-refractivity contribution in [1.29, 1.82) is 0 Å². The lowest BCUT2D eigenvalue weighted by molar-refractivity contribution is 0.404. The van der Waals surface area contributed by atoms with Gasteiger partial charge < -0.3 is 9.47 Å². The van der Waals surface area contributed by atoms with Crippen molar-refractivity contribution in [3.05, 3.63) is 54.7 Å². The van der Waals surface area contributed by atoms with Crippen LogP contribution in [0.25, 0.3) is 22.0 Å². The Morgan fingerprint density at radius 2 is 1.80 bits per heavy atom. The van der Waals surface area contributed by atoms with Crippen molar-refractivity contribution in [2.75, 3.05) is 14.2 Å². The molecule has 0 unspecified atom stereocenters. The Morgan fingerprint density at radius 1 is 0.900 bits per heavy atom. The predicted molar refractivity (Wildman–Crippen MR) is 80.3 cm³/mol. The lowest BCUT2D eigenvalue weighted by Gasteiger charge is -2.11. The van der Waals surface area contributed by atoms with Crippen LogP contribution in [-0.2, 0) is 0 Å². The average molecular weight is 265 g/mol. The topological polar surface area (TPSA) is 31.4 Å². The zero-order valence-corrected chi connectivity index (χ0v) is 11.5. The van der Waals surface area contributed by atoms with Gasteiger partial charge in [0.15, 0.2) is 0 Å². The molecule has 0 aliphatic carbocycles. The number of aromatic nitrogens is 1. The van der Waals surface area contributed by atoms with Crippen LogP contribution in [0.15, 0.2) is 54.7 Å². The summed E-state index contributed by atoms with van der Waals surface area (Å²) in [7, 11) is 3.34. The minimum Gasteiger partial charge on any atom is -0.497 e. The number of pyridine rings is 1. The molecule has 0 bridgehead atoms. The van der Waals surface area contributed by atoms with Crippen molar-refractivity contribution in [1.82, 2.24) is 4.98 Å². The third-order valence-corrected chi connectivity index (χ3v) is 3.32. The van der Waals surface area contributed by atoms with Crippen molar-refractivity contribution in [3.63, 3.8) is 0 Å². The first-order valence-corrected chi connectivity index (χ1v) is 6.39. The van der Waals surface area contributed by atoms with Gasteiger partial charge >= 0.3 is 0 Å². The van der Waals surface area contributed by atoms with Gasteiger partial charge in [0, 0.05) is 17.1 Å². The Balaban J connectivity index is 2.18. The molecule has 0 saturated heterocycles. The molecule has 3 rings (SSSR count). The molecule has 3 aromatic rings. The molecular weight excluding hydrogens is 250 g/mol. The SMILES string of the molecule is COc1ccc(OC)c(-c2ccc3ncccc3c2)c1. The maximum atomic E-state index is 5.44. The molecule has 0 spiro atoms. The average Bonchev–Trinajstić information content (AvgIpc) is 2.53. The molecule has 1 heterocycles. The van der Waals surface area contributed by atoms with Crippen LogP contribution in [0.5, 0.6) is 11.5 Å². The molecule has 0 fully saturated rings. The number of rotatable bonds is 3. The van der Waals surface area contributed by atoms with Crippen molar-refractivity contribution < 1.29 is 9.47 Å². The fraction of sp³-hybridized carbons (Fsp3) is 0.118. The Morgan fingerprint density at radius 3 is 2.60 bits per heavy atom. The van der Waals surface area contributed by atoms with Crippen LogP contribution in [0.4, 0.5) is 0 Å². The molecular formula is C17H15NO2. The molecule has 20 heavy (non-hydrogen) atoms. The summed E-state index contributed by atoms with van der Waals surface area (Å²) < 4.78 is 10.7. The van der Waals surface area contributed by atoms with E-state index in [4.69, 9.17) is 9.47 Å². The van der Waals surface area contributed by atoms with Gasteiger partial charge in [-0.25, -0.2) is 0 Å². The maximum Gasteiger partial charge on any atom is 0.126 e. The normalized spacial score (nSPS) is 10.5. The van der Waals surface area contributed by atoms with E-state index in [1.807, 2.05) is 36.4 Å². The molecule has 100 valence electrons. The zero-order chi connectivity index (χ0) is 13.9. The van der Waals surface area contributed by atoms with Gasteiger partial charge in [-0.2, -0.15) is 0 Å². The van der Waals surface area contributed by atoms with Gasteiger partial charge in [0.1, 0.15) is 11.5 Å². The van der Waals surface area contributed by atoms with Gasteiger partial charge in [0.25, 0.3) is 0 Å². The first kappa shape index (κ1) is 12.5. The summed E-state index contributed by atoms with van der Waals surface area (Å²) in [6.07, 6.45) is 1.80. The number of benzene rings is 2. The van der Waals surface area contributed by atoms with E-state index in [1.54, 1.807) is 20.4 Å². The number of ether oxygens (including phenoxy) is 2. The van der Waals surface area contributed by atoms with E-state index in [2.05, 4.69) is 17.1 Å². The van der Waals surface area contributed by atoms with Crippen LogP contribution in [-0.4, -0.2) is 19.2 Å². The minimum atomic E-state index is 0.812. The van der Waals surface area contributed by atoms with Crippen molar-refractivity contribution in [3.8, 4) is 22.6 Å². The molecule has 0 aliphatic heterocycles. The predicted octanol–water partition coefficient (Wildman–Crippen LogP) is 3.92. The molecule has 0 atom stereocenters. The van der Waals surface area contributed by atoms with Crippen LogP contribution < -0.4 is 9.47 Å². The molecule has 2 aromatic carbocycles. The molecule has 0 aliphatic rings. The summed E-state index contributed by atoms with van der Waals surface area (Å²) in [5, 5.41) is 1.11. The standard InChI is InChI=1S/C17H15NO2/c1-19-14-6-8-17(20-2)15(11-14)12-5-7-16-13(10-12)4-3-9-18-16/h3-11H,1-2H3. The van der Waals surface area contributed by atoms with E-state index >= 15 is 0 Å². The molecule has 0 radical (unpaired) electrons. The van der Waals surface area contributed by atoms with Crippen molar-refractivity contribution >= 4 is 10.9 Å².